The summed E-state index contributed by atoms with van der Waals surface area (Å²) >= 11 is 13.9. The maximum atomic E-state index is 13.2. The Hall–Kier alpha value is -1.76. The smallest absolute Gasteiger partial charge is 0.191 e. The molecule has 154 valence electrons. The van der Waals surface area contributed by atoms with Gasteiger partial charge in [-0.1, -0.05) is 41.0 Å². The highest BCUT2D eigenvalue weighted by Gasteiger charge is 2.19. The van der Waals surface area contributed by atoms with Crippen molar-refractivity contribution in [2.24, 2.45) is 0 Å². The Kier molecular flexibility index (Phi) is 7.09. The average Bonchev–Trinajstić information content (AvgIpc) is 3.08. The topological polar surface area (TPSA) is 39.9 Å². The second-order valence-electron chi connectivity index (χ2n) is 6.74. The van der Waals surface area contributed by atoms with Crippen molar-refractivity contribution in [1.29, 1.82) is 0 Å². The third-order valence-corrected chi connectivity index (χ3v) is 6.48. The predicted molar refractivity (Wildman–Crippen MR) is 117 cm³/mol. The third-order valence-electron chi connectivity index (χ3n) is 4.52. The van der Waals surface area contributed by atoms with Crippen molar-refractivity contribution in [3.05, 3.63) is 68.7 Å². The van der Waals surface area contributed by atoms with Crippen LogP contribution in [0.15, 0.2) is 35.5 Å². The molecule has 0 aliphatic carbocycles. The van der Waals surface area contributed by atoms with Crippen molar-refractivity contribution in [3.8, 4) is 5.75 Å². The Balaban J connectivity index is 1.76. The molecule has 0 saturated heterocycles. The lowest BCUT2D eigenvalue weighted by molar-refractivity contribution is 0.209. The molecule has 0 spiro atoms. The van der Waals surface area contributed by atoms with Crippen LogP contribution in [-0.4, -0.2) is 14.8 Å². The fraction of sp³-hybridized carbons (Fsp3) is 0.333. The molecule has 29 heavy (non-hydrogen) atoms. The first-order valence-electron chi connectivity index (χ1n) is 9.23. The number of halogens is 3. The maximum Gasteiger partial charge on any atom is 0.191 e. The van der Waals surface area contributed by atoms with Gasteiger partial charge in [0.15, 0.2) is 17.1 Å². The first-order chi connectivity index (χ1) is 13.8. The van der Waals surface area contributed by atoms with Crippen molar-refractivity contribution in [1.82, 2.24) is 14.8 Å². The quantitative estimate of drug-likeness (QED) is 0.369. The van der Waals surface area contributed by atoms with E-state index in [2.05, 4.69) is 10.2 Å². The van der Waals surface area contributed by atoms with Gasteiger partial charge in [-0.2, -0.15) is 0 Å². The summed E-state index contributed by atoms with van der Waals surface area (Å²) in [6.07, 6.45) is -0.286. The number of benzene rings is 2. The van der Waals surface area contributed by atoms with E-state index in [0.717, 1.165) is 38.4 Å². The molecule has 0 radical (unpaired) electrons. The summed E-state index contributed by atoms with van der Waals surface area (Å²) in [5.74, 6) is 1.71. The zero-order chi connectivity index (χ0) is 21.1. The van der Waals surface area contributed by atoms with E-state index in [-0.39, 0.29) is 11.9 Å². The summed E-state index contributed by atoms with van der Waals surface area (Å²) in [5.41, 5.74) is 2.79. The maximum absolute atomic E-state index is 13.2. The van der Waals surface area contributed by atoms with Crippen molar-refractivity contribution in [2.45, 2.75) is 51.3 Å². The number of aromatic nitrogens is 3. The van der Waals surface area contributed by atoms with E-state index >= 15 is 0 Å². The molecule has 0 aliphatic rings. The number of ether oxygens (including phenoxy) is 1. The molecular weight excluding hydrogens is 432 g/mol. The van der Waals surface area contributed by atoms with E-state index in [0.29, 0.717) is 17.3 Å². The first kappa shape index (κ1) is 21.9. The summed E-state index contributed by atoms with van der Waals surface area (Å²) in [4.78, 5) is 0. The molecule has 3 aromatic rings. The van der Waals surface area contributed by atoms with Gasteiger partial charge in [-0.25, -0.2) is 4.39 Å². The van der Waals surface area contributed by atoms with E-state index in [9.17, 15) is 4.39 Å². The molecule has 0 fully saturated rings. The molecule has 0 amide bonds. The summed E-state index contributed by atoms with van der Waals surface area (Å²) in [5, 5.41) is 10.6. The highest BCUT2D eigenvalue weighted by atomic mass is 35.5. The Labute approximate surface area is 184 Å². The predicted octanol–water partition coefficient (Wildman–Crippen LogP) is 6.79. The van der Waals surface area contributed by atoms with Gasteiger partial charge in [0.05, 0.1) is 0 Å². The fourth-order valence-electron chi connectivity index (χ4n) is 3.02. The largest absolute Gasteiger partial charge is 0.483 e. The Morgan fingerprint density at radius 1 is 1.14 bits per heavy atom. The number of nitrogens with zero attached hydrogens (tertiary/aromatic N) is 3. The van der Waals surface area contributed by atoms with Gasteiger partial charge in [0.1, 0.15) is 11.6 Å². The molecule has 1 unspecified atom stereocenters. The van der Waals surface area contributed by atoms with Crippen LogP contribution in [-0.2, 0) is 12.3 Å². The van der Waals surface area contributed by atoms with Gasteiger partial charge in [-0.05, 0) is 68.7 Å². The highest BCUT2D eigenvalue weighted by Crippen LogP contribution is 2.31. The molecule has 3 rings (SSSR count). The fourth-order valence-corrected chi connectivity index (χ4v) is 4.45. The van der Waals surface area contributed by atoms with Gasteiger partial charge in [0.2, 0.25) is 0 Å². The minimum atomic E-state index is -0.346. The van der Waals surface area contributed by atoms with Crippen LogP contribution in [0.2, 0.25) is 10.0 Å². The Morgan fingerprint density at radius 2 is 1.83 bits per heavy atom. The van der Waals surface area contributed by atoms with Crippen LogP contribution < -0.4 is 4.74 Å². The van der Waals surface area contributed by atoms with E-state index in [4.69, 9.17) is 27.9 Å². The summed E-state index contributed by atoms with van der Waals surface area (Å²) < 4.78 is 21.4. The lowest BCUT2D eigenvalue weighted by atomic mass is 10.1. The first-order valence-corrected chi connectivity index (χ1v) is 11.0. The van der Waals surface area contributed by atoms with Crippen molar-refractivity contribution < 1.29 is 9.13 Å². The highest BCUT2D eigenvalue weighted by molar-refractivity contribution is 7.98. The molecule has 0 aliphatic heterocycles. The van der Waals surface area contributed by atoms with Gasteiger partial charge < -0.3 is 9.30 Å². The summed E-state index contributed by atoms with van der Waals surface area (Å²) in [6, 6.07) is 8.26. The SMILES string of the molecule is CCn1c(SCc2ccc(F)cc2Cl)nnc1C(C)Oc1cc(C)c(Cl)c(C)c1. The molecule has 0 bridgehead atoms. The van der Waals surface area contributed by atoms with Crippen LogP contribution in [0.25, 0.3) is 0 Å². The molecule has 8 heteroatoms. The normalized spacial score (nSPS) is 12.2. The number of rotatable bonds is 7. The second-order valence-corrected chi connectivity index (χ2v) is 8.47. The molecule has 1 atom stereocenters. The van der Waals surface area contributed by atoms with E-state index in [1.54, 1.807) is 6.07 Å². The Bertz CT molecular complexity index is 1000. The van der Waals surface area contributed by atoms with Gasteiger partial charge in [-0.3, -0.25) is 0 Å². The van der Waals surface area contributed by atoms with Gasteiger partial charge >= 0.3 is 0 Å². The second kappa shape index (κ2) is 9.37. The number of hydrogen-bond donors (Lipinski definition) is 0. The minimum Gasteiger partial charge on any atom is -0.483 e. The number of thioether (sulfide) groups is 1. The molecule has 2 aromatic carbocycles. The lowest BCUT2D eigenvalue weighted by Crippen LogP contribution is -2.12. The zero-order valence-electron chi connectivity index (χ0n) is 16.7. The van der Waals surface area contributed by atoms with Gasteiger partial charge in [0, 0.05) is 22.3 Å². The van der Waals surface area contributed by atoms with Crippen LogP contribution in [0.5, 0.6) is 5.75 Å². The minimum absolute atomic E-state index is 0.286. The summed E-state index contributed by atoms with van der Waals surface area (Å²) in [7, 11) is 0. The standard InChI is InChI=1S/C21H22Cl2FN3OS/c1-5-27-20(14(4)28-17-8-12(2)19(23)13(3)9-17)25-26-21(27)29-11-15-6-7-16(24)10-18(15)22/h6-10,14H,5,11H2,1-4H3. The lowest BCUT2D eigenvalue weighted by Gasteiger charge is -2.17. The van der Waals surface area contributed by atoms with E-state index < -0.39 is 0 Å². The van der Waals surface area contributed by atoms with Crippen LogP contribution in [0.1, 0.15) is 42.5 Å². The Morgan fingerprint density at radius 3 is 2.45 bits per heavy atom. The molecule has 0 saturated carbocycles. The molecule has 4 nitrogen and oxygen atoms in total. The van der Waals surface area contributed by atoms with Gasteiger partial charge in [0.25, 0.3) is 0 Å². The van der Waals surface area contributed by atoms with Gasteiger partial charge in [-0.15, -0.1) is 10.2 Å². The average molecular weight is 454 g/mol. The molecule has 0 N–H and O–H groups in total. The van der Waals surface area contributed by atoms with Crippen molar-refractivity contribution in [3.63, 3.8) is 0 Å². The molecule has 1 heterocycles. The number of hydrogen-bond acceptors (Lipinski definition) is 4. The van der Waals surface area contributed by atoms with Crippen molar-refractivity contribution in [2.75, 3.05) is 0 Å². The van der Waals surface area contributed by atoms with Crippen LogP contribution in [0.3, 0.4) is 0 Å². The van der Waals surface area contributed by atoms with E-state index in [1.165, 1.54) is 23.9 Å². The summed E-state index contributed by atoms with van der Waals surface area (Å²) in [6.45, 7) is 8.59. The van der Waals surface area contributed by atoms with Crippen molar-refractivity contribution >= 4 is 35.0 Å². The third kappa shape index (κ3) is 5.05. The zero-order valence-corrected chi connectivity index (χ0v) is 19.0. The monoisotopic (exact) mass is 453 g/mol. The van der Waals surface area contributed by atoms with Crippen LogP contribution in [0, 0.1) is 19.7 Å². The number of aryl methyl sites for hydroxylation is 2. The molecule has 1 aromatic heterocycles. The van der Waals surface area contributed by atoms with E-state index in [1.807, 2.05) is 44.4 Å². The van der Waals surface area contributed by atoms with Crippen LogP contribution >= 0.6 is 35.0 Å². The molecular formula is C21H22Cl2FN3OS. The van der Waals surface area contributed by atoms with Crippen LogP contribution in [0.4, 0.5) is 4.39 Å².